The molecular formula is C13H15F2NO2. The lowest BCUT2D eigenvalue weighted by Gasteiger charge is -2.41. The van der Waals surface area contributed by atoms with Crippen LogP contribution < -0.4 is 0 Å². The third kappa shape index (κ3) is 2.51. The molecule has 3 nitrogen and oxygen atoms in total. The maximum Gasteiger partial charge on any atom is 0.306 e. The number of benzene rings is 1. The molecule has 1 aliphatic heterocycles. The fourth-order valence-corrected chi connectivity index (χ4v) is 2.16. The first-order chi connectivity index (χ1) is 8.49. The van der Waals surface area contributed by atoms with Crippen molar-refractivity contribution >= 4 is 5.97 Å². The van der Waals surface area contributed by atoms with Crippen molar-refractivity contribution in [2.75, 3.05) is 13.1 Å². The third-order valence-corrected chi connectivity index (χ3v) is 3.53. The SMILES string of the molecule is CC(C(=O)O)C1CN(Cc2c(F)cccc2F)C1. The van der Waals surface area contributed by atoms with Gasteiger partial charge in [-0.05, 0) is 18.1 Å². The first-order valence-electron chi connectivity index (χ1n) is 5.87. The number of nitrogens with zero attached hydrogens (tertiary/aromatic N) is 1. The van der Waals surface area contributed by atoms with Gasteiger partial charge in [-0.2, -0.15) is 0 Å². The Morgan fingerprint density at radius 2 is 2.00 bits per heavy atom. The lowest BCUT2D eigenvalue weighted by molar-refractivity contribution is -0.145. The molecular weight excluding hydrogens is 240 g/mol. The van der Waals surface area contributed by atoms with E-state index in [0.29, 0.717) is 13.1 Å². The van der Waals surface area contributed by atoms with Crippen LogP contribution in [0.2, 0.25) is 0 Å². The van der Waals surface area contributed by atoms with E-state index in [4.69, 9.17) is 5.11 Å². The molecule has 1 aromatic carbocycles. The molecule has 98 valence electrons. The number of aliphatic carboxylic acids is 1. The molecule has 1 unspecified atom stereocenters. The van der Waals surface area contributed by atoms with Crippen molar-refractivity contribution in [1.82, 2.24) is 4.90 Å². The highest BCUT2D eigenvalue weighted by Gasteiger charge is 2.35. The van der Waals surface area contributed by atoms with Crippen LogP contribution >= 0.6 is 0 Å². The Kier molecular flexibility index (Phi) is 3.61. The molecule has 1 aliphatic rings. The van der Waals surface area contributed by atoms with Crippen molar-refractivity contribution in [1.29, 1.82) is 0 Å². The molecule has 0 aliphatic carbocycles. The van der Waals surface area contributed by atoms with Crippen LogP contribution in [0.1, 0.15) is 12.5 Å². The van der Waals surface area contributed by atoms with Gasteiger partial charge in [-0.15, -0.1) is 0 Å². The van der Waals surface area contributed by atoms with Crippen molar-refractivity contribution in [3.8, 4) is 0 Å². The van der Waals surface area contributed by atoms with E-state index in [0.717, 1.165) is 0 Å². The molecule has 0 aromatic heterocycles. The monoisotopic (exact) mass is 255 g/mol. The topological polar surface area (TPSA) is 40.5 Å². The molecule has 0 spiro atoms. The van der Waals surface area contributed by atoms with Gasteiger partial charge in [0.25, 0.3) is 0 Å². The Bertz CT molecular complexity index is 438. The number of halogens is 2. The Hall–Kier alpha value is -1.49. The predicted octanol–water partition coefficient (Wildman–Crippen LogP) is 2.12. The van der Waals surface area contributed by atoms with Crippen LogP contribution in [0.3, 0.4) is 0 Å². The Labute approximate surface area is 104 Å². The minimum Gasteiger partial charge on any atom is -0.481 e. The average molecular weight is 255 g/mol. The number of carboxylic acid groups (broad SMARTS) is 1. The van der Waals surface area contributed by atoms with Gasteiger partial charge >= 0.3 is 5.97 Å². The summed E-state index contributed by atoms with van der Waals surface area (Å²) in [5.74, 6) is -2.27. The molecule has 5 heteroatoms. The summed E-state index contributed by atoms with van der Waals surface area (Å²) >= 11 is 0. The zero-order valence-corrected chi connectivity index (χ0v) is 10.1. The third-order valence-electron chi connectivity index (χ3n) is 3.53. The van der Waals surface area contributed by atoms with Crippen molar-refractivity contribution in [3.63, 3.8) is 0 Å². The molecule has 0 bridgehead atoms. The molecule has 1 fully saturated rings. The maximum absolute atomic E-state index is 13.4. The van der Waals surface area contributed by atoms with Crippen molar-refractivity contribution < 1.29 is 18.7 Å². The Morgan fingerprint density at radius 1 is 1.44 bits per heavy atom. The Balaban J connectivity index is 1.93. The molecule has 18 heavy (non-hydrogen) atoms. The number of rotatable bonds is 4. The van der Waals surface area contributed by atoms with Crippen molar-refractivity contribution in [2.45, 2.75) is 13.5 Å². The molecule has 0 saturated carbocycles. The number of likely N-dealkylation sites (tertiary alicyclic amines) is 1. The van der Waals surface area contributed by atoms with Crippen LogP contribution in [0.4, 0.5) is 8.78 Å². The second-order valence-electron chi connectivity index (χ2n) is 4.78. The molecule has 1 aromatic rings. The molecule has 0 amide bonds. The highest BCUT2D eigenvalue weighted by molar-refractivity contribution is 5.70. The van der Waals surface area contributed by atoms with E-state index in [9.17, 15) is 13.6 Å². The number of carbonyl (C=O) groups is 1. The van der Waals surface area contributed by atoms with E-state index in [1.54, 1.807) is 6.92 Å². The fourth-order valence-electron chi connectivity index (χ4n) is 2.16. The summed E-state index contributed by atoms with van der Waals surface area (Å²) in [5, 5.41) is 8.84. The normalized spacial score (nSPS) is 18.4. The van der Waals surface area contributed by atoms with Gasteiger partial charge in [0.15, 0.2) is 0 Å². The maximum atomic E-state index is 13.4. The van der Waals surface area contributed by atoms with Crippen LogP contribution in [-0.4, -0.2) is 29.1 Å². The van der Waals surface area contributed by atoms with E-state index < -0.39 is 23.5 Å². The fraction of sp³-hybridized carbons (Fsp3) is 0.462. The van der Waals surface area contributed by atoms with E-state index in [-0.39, 0.29) is 18.0 Å². The second-order valence-corrected chi connectivity index (χ2v) is 4.78. The molecule has 1 saturated heterocycles. The van der Waals surface area contributed by atoms with Crippen molar-refractivity contribution in [2.24, 2.45) is 11.8 Å². The van der Waals surface area contributed by atoms with Gasteiger partial charge in [0.05, 0.1) is 5.92 Å². The summed E-state index contributed by atoms with van der Waals surface area (Å²) in [4.78, 5) is 12.6. The predicted molar refractivity (Wildman–Crippen MR) is 61.9 cm³/mol. The highest BCUT2D eigenvalue weighted by atomic mass is 19.1. The second kappa shape index (κ2) is 5.02. The highest BCUT2D eigenvalue weighted by Crippen LogP contribution is 2.26. The van der Waals surface area contributed by atoms with Gasteiger partial charge in [0, 0.05) is 25.2 Å². The molecule has 1 heterocycles. The number of hydrogen-bond acceptors (Lipinski definition) is 2. The number of carboxylic acids is 1. The van der Waals surface area contributed by atoms with E-state index in [1.165, 1.54) is 18.2 Å². The van der Waals surface area contributed by atoms with E-state index in [2.05, 4.69) is 0 Å². The lowest BCUT2D eigenvalue weighted by Crippen LogP contribution is -2.50. The van der Waals surface area contributed by atoms with E-state index >= 15 is 0 Å². The van der Waals surface area contributed by atoms with Crippen molar-refractivity contribution in [3.05, 3.63) is 35.4 Å². The first-order valence-corrected chi connectivity index (χ1v) is 5.87. The Morgan fingerprint density at radius 3 is 2.50 bits per heavy atom. The molecule has 0 radical (unpaired) electrons. The van der Waals surface area contributed by atoms with Gasteiger partial charge in [-0.25, -0.2) is 8.78 Å². The molecule has 1 N–H and O–H groups in total. The van der Waals surface area contributed by atoms with Gasteiger partial charge < -0.3 is 5.11 Å². The average Bonchev–Trinajstić information content (AvgIpc) is 2.25. The minimum absolute atomic E-state index is 0.0546. The van der Waals surface area contributed by atoms with Crippen LogP contribution in [-0.2, 0) is 11.3 Å². The van der Waals surface area contributed by atoms with Gasteiger partial charge in [-0.3, -0.25) is 9.69 Å². The minimum atomic E-state index is -0.822. The van der Waals surface area contributed by atoms with Crippen LogP contribution in [0.25, 0.3) is 0 Å². The van der Waals surface area contributed by atoms with Crippen LogP contribution in [0.5, 0.6) is 0 Å². The molecule has 2 rings (SSSR count). The molecule has 1 atom stereocenters. The van der Waals surface area contributed by atoms with Gasteiger partial charge in [0.2, 0.25) is 0 Å². The summed E-state index contributed by atoms with van der Waals surface area (Å²) in [5.41, 5.74) is 0.0546. The zero-order chi connectivity index (χ0) is 13.3. The van der Waals surface area contributed by atoms with Gasteiger partial charge in [-0.1, -0.05) is 13.0 Å². The standard InChI is InChI=1S/C13H15F2NO2/c1-8(13(17)18)9-5-16(6-9)7-10-11(14)3-2-4-12(10)15/h2-4,8-9H,5-7H2,1H3,(H,17,18). The summed E-state index contributed by atoms with van der Waals surface area (Å²) in [7, 11) is 0. The first kappa shape index (κ1) is 13.0. The smallest absolute Gasteiger partial charge is 0.306 e. The van der Waals surface area contributed by atoms with Gasteiger partial charge in [0.1, 0.15) is 11.6 Å². The quantitative estimate of drug-likeness (QED) is 0.895. The number of hydrogen-bond donors (Lipinski definition) is 1. The largest absolute Gasteiger partial charge is 0.481 e. The van der Waals surface area contributed by atoms with E-state index in [1.807, 2.05) is 4.90 Å². The summed E-state index contributed by atoms with van der Waals surface area (Å²) in [6.07, 6.45) is 0. The summed E-state index contributed by atoms with van der Waals surface area (Å²) in [6, 6.07) is 3.80. The summed E-state index contributed by atoms with van der Waals surface area (Å²) in [6.45, 7) is 3.00. The summed E-state index contributed by atoms with van der Waals surface area (Å²) < 4.78 is 26.8. The lowest BCUT2D eigenvalue weighted by atomic mass is 9.87. The van der Waals surface area contributed by atoms with Crippen LogP contribution in [0, 0.1) is 23.5 Å². The zero-order valence-electron chi connectivity index (χ0n) is 10.1. The van der Waals surface area contributed by atoms with Crippen LogP contribution in [0.15, 0.2) is 18.2 Å².